The fraction of sp³-hybridized carbons (Fsp3) is 0.458. The summed E-state index contributed by atoms with van der Waals surface area (Å²) in [6.45, 7) is 4.68. The number of aliphatic hydroxyl groups is 1. The maximum Gasteiger partial charge on any atom is 0.148 e. The quantitative estimate of drug-likeness (QED) is 0.665. The molecule has 6 nitrogen and oxygen atoms in total. The molecule has 2 N–H and O–H groups in total. The molecule has 1 aromatic heterocycles. The summed E-state index contributed by atoms with van der Waals surface area (Å²) in [6, 6.07) is 8.19. The van der Waals surface area contributed by atoms with Crippen LogP contribution in [0.3, 0.4) is 0 Å². The van der Waals surface area contributed by atoms with E-state index in [1.807, 2.05) is 32.0 Å². The van der Waals surface area contributed by atoms with E-state index >= 15 is 0 Å². The summed E-state index contributed by atoms with van der Waals surface area (Å²) in [7, 11) is 0. The van der Waals surface area contributed by atoms with Crippen molar-refractivity contribution in [1.29, 1.82) is 5.26 Å². The lowest BCUT2D eigenvalue weighted by Crippen LogP contribution is -2.36. The van der Waals surface area contributed by atoms with Gasteiger partial charge in [0, 0.05) is 23.7 Å². The predicted molar refractivity (Wildman–Crippen MR) is 123 cm³/mol. The van der Waals surface area contributed by atoms with Crippen molar-refractivity contribution in [2.45, 2.75) is 58.1 Å². The largest absolute Gasteiger partial charge is 0.490 e. The van der Waals surface area contributed by atoms with Crippen molar-refractivity contribution in [3.05, 3.63) is 46.0 Å². The van der Waals surface area contributed by atoms with Crippen molar-refractivity contribution < 1.29 is 9.84 Å². The minimum Gasteiger partial charge on any atom is -0.490 e. The average Bonchev–Trinajstić information content (AvgIpc) is 3.27. The molecule has 0 amide bonds. The molecule has 1 atom stereocenters. The van der Waals surface area contributed by atoms with Crippen LogP contribution in [0.4, 0.5) is 0 Å². The molecule has 0 saturated heterocycles. The number of ether oxygens (including phenoxy) is 1. The Hall–Kier alpha value is -2.53. The summed E-state index contributed by atoms with van der Waals surface area (Å²) < 4.78 is 5.73. The molecule has 0 spiro atoms. The molecule has 0 fully saturated rings. The molecule has 2 aromatic rings. The Morgan fingerprint density at radius 1 is 1.29 bits per heavy atom. The number of aromatic nitrogens is 2. The van der Waals surface area contributed by atoms with E-state index in [2.05, 4.69) is 27.7 Å². The second kappa shape index (κ2) is 9.73. The molecular formula is C24H28N4O2S. The molecule has 0 saturated carbocycles. The van der Waals surface area contributed by atoms with Gasteiger partial charge in [-0.2, -0.15) is 5.26 Å². The molecule has 2 aliphatic rings. The van der Waals surface area contributed by atoms with Crippen molar-refractivity contribution in [3.63, 3.8) is 0 Å². The van der Waals surface area contributed by atoms with Crippen LogP contribution in [-0.4, -0.2) is 40.6 Å². The zero-order chi connectivity index (χ0) is 21.8. The van der Waals surface area contributed by atoms with Gasteiger partial charge in [-0.25, -0.2) is 0 Å². The molecule has 162 valence electrons. The van der Waals surface area contributed by atoms with Crippen molar-refractivity contribution in [1.82, 2.24) is 15.5 Å². The number of benzene rings is 1. The topological polar surface area (TPSA) is 91.1 Å². The predicted octanol–water partition coefficient (Wildman–Crippen LogP) is 4.47. The van der Waals surface area contributed by atoms with Gasteiger partial charge in [-0.05, 0) is 75.3 Å². The lowest BCUT2D eigenvalue weighted by molar-refractivity contribution is 0.242. The van der Waals surface area contributed by atoms with Crippen molar-refractivity contribution in [2.75, 3.05) is 13.2 Å². The molecule has 0 unspecified atom stereocenters. The molecule has 0 radical (unpaired) electrons. The van der Waals surface area contributed by atoms with Gasteiger partial charge in [0.1, 0.15) is 21.8 Å². The van der Waals surface area contributed by atoms with Crippen LogP contribution in [0.1, 0.15) is 56.5 Å². The smallest absolute Gasteiger partial charge is 0.148 e. The third-order valence-corrected chi connectivity index (χ3v) is 6.69. The molecule has 1 heterocycles. The zero-order valence-corrected chi connectivity index (χ0v) is 18.8. The first-order valence-corrected chi connectivity index (χ1v) is 11.7. The van der Waals surface area contributed by atoms with E-state index in [9.17, 15) is 10.4 Å². The number of hydrogen-bond acceptors (Lipinski definition) is 7. The number of nitrogens with zero attached hydrogens (tertiary/aromatic N) is 3. The van der Waals surface area contributed by atoms with E-state index in [-0.39, 0.29) is 12.7 Å². The van der Waals surface area contributed by atoms with E-state index in [0.717, 1.165) is 47.7 Å². The van der Waals surface area contributed by atoms with E-state index in [1.165, 1.54) is 16.7 Å². The summed E-state index contributed by atoms with van der Waals surface area (Å²) in [5.41, 5.74) is 5.47. The maximum atomic E-state index is 9.53. The fourth-order valence-electron chi connectivity index (χ4n) is 4.39. The Labute approximate surface area is 187 Å². The Balaban J connectivity index is 1.61. The first kappa shape index (κ1) is 21.7. The maximum absolute atomic E-state index is 9.53. The fourth-order valence-corrected chi connectivity index (χ4v) is 5.30. The number of aliphatic hydroxyl groups excluding tert-OH is 1. The minimum atomic E-state index is 0.0120. The Bertz CT molecular complexity index is 1050. The number of allylic oxidation sites excluding steroid dienone is 3. The lowest BCUT2D eigenvalue weighted by atomic mass is 9.79. The monoisotopic (exact) mass is 436 g/mol. The molecule has 31 heavy (non-hydrogen) atoms. The normalized spacial score (nSPS) is 18.5. The van der Waals surface area contributed by atoms with Gasteiger partial charge in [0.25, 0.3) is 0 Å². The number of hydrogen-bond donors (Lipinski definition) is 2. The number of rotatable bonds is 7. The highest BCUT2D eigenvalue weighted by atomic mass is 32.1. The Morgan fingerprint density at radius 3 is 2.90 bits per heavy atom. The van der Waals surface area contributed by atoms with E-state index in [1.54, 1.807) is 11.3 Å². The third kappa shape index (κ3) is 4.72. The molecule has 0 aliphatic heterocycles. The van der Waals surface area contributed by atoms with Gasteiger partial charge >= 0.3 is 0 Å². The SMILES string of the molecule is CC(C)Oc1ccc(-c2nnc(C3=CCCC4=C3CCC[C@@H]4NCCO)s2)cc1C#N. The molecule has 4 rings (SSSR count). The summed E-state index contributed by atoms with van der Waals surface area (Å²) in [4.78, 5) is 0. The summed E-state index contributed by atoms with van der Waals surface area (Å²) in [5, 5.41) is 32.9. The van der Waals surface area contributed by atoms with Gasteiger partial charge in [0.05, 0.1) is 18.3 Å². The molecular weight excluding hydrogens is 408 g/mol. The van der Waals surface area contributed by atoms with Gasteiger partial charge in [0.15, 0.2) is 0 Å². The Kier molecular flexibility index (Phi) is 6.81. The van der Waals surface area contributed by atoms with Gasteiger partial charge in [0.2, 0.25) is 0 Å². The van der Waals surface area contributed by atoms with Gasteiger partial charge < -0.3 is 15.2 Å². The van der Waals surface area contributed by atoms with Crippen LogP contribution in [0.2, 0.25) is 0 Å². The highest BCUT2D eigenvalue weighted by molar-refractivity contribution is 7.15. The van der Waals surface area contributed by atoms with Crippen molar-refractivity contribution in [3.8, 4) is 22.4 Å². The van der Waals surface area contributed by atoms with Gasteiger partial charge in [-0.1, -0.05) is 17.4 Å². The minimum absolute atomic E-state index is 0.0120. The molecule has 1 aromatic carbocycles. The van der Waals surface area contributed by atoms with Crippen LogP contribution < -0.4 is 10.1 Å². The Morgan fingerprint density at radius 2 is 2.13 bits per heavy atom. The number of nitrogens with one attached hydrogen (secondary N) is 1. The van der Waals surface area contributed by atoms with Crippen molar-refractivity contribution >= 4 is 16.9 Å². The molecule has 0 bridgehead atoms. The van der Waals surface area contributed by atoms with E-state index in [4.69, 9.17) is 4.74 Å². The standard InChI is InChI=1S/C24H28N4O2S/c1-15(2)30-22-10-9-16(13-17(22)14-25)23-27-28-24(31-23)20-7-3-6-19-18(20)5-4-8-21(19)26-11-12-29/h7,9-10,13,15,21,26,29H,3-6,8,11-12H2,1-2H3/t21-/m0/s1. The van der Waals surface area contributed by atoms with Gasteiger partial charge in [-0.3, -0.25) is 0 Å². The van der Waals surface area contributed by atoms with E-state index < -0.39 is 0 Å². The molecule has 7 heteroatoms. The summed E-state index contributed by atoms with van der Waals surface area (Å²) in [6.07, 6.45) is 7.68. The third-order valence-electron chi connectivity index (χ3n) is 5.68. The second-order valence-corrected chi connectivity index (χ2v) is 9.16. The lowest BCUT2D eigenvalue weighted by Gasteiger charge is -2.32. The molecule has 2 aliphatic carbocycles. The van der Waals surface area contributed by atoms with Crippen molar-refractivity contribution in [2.24, 2.45) is 0 Å². The van der Waals surface area contributed by atoms with Crippen LogP contribution in [-0.2, 0) is 0 Å². The summed E-state index contributed by atoms with van der Waals surface area (Å²) in [5.74, 6) is 0.597. The highest BCUT2D eigenvalue weighted by Gasteiger charge is 2.28. The van der Waals surface area contributed by atoms with Gasteiger partial charge in [-0.15, -0.1) is 10.2 Å². The number of nitriles is 1. The highest BCUT2D eigenvalue weighted by Crippen LogP contribution is 2.42. The first-order chi connectivity index (χ1) is 15.1. The van der Waals surface area contributed by atoms with E-state index in [0.29, 0.717) is 23.9 Å². The van der Waals surface area contributed by atoms with Crippen LogP contribution in [0, 0.1) is 11.3 Å². The second-order valence-electron chi connectivity index (χ2n) is 8.18. The van der Waals surface area contributed by atoms with Crippen LogP contribution >= 0.6 is 11.3 Å². The first-order valence-electron chi connectivity index (χ1n) is 10.9. The van der Waals surface area contributed by atoms with Crippen LogP contribution in [0.25, 0.3) is 16.1 Å². The average molecular weight is 437 g/mol. The summed E-state index contributed by atoms with van der Waals surface area (Å²) >= 11 is 1.57. The van der Waals surface area contributed by atoms with Crippen LogP contribution in [0.15, 0.2) is 35.4 Å². The zero-order valence-electron chi connectivity index (χ0n) is 18.0. The van der Waals surface area contributed by atoms with Crippen LogP contribution in [0.5, 0.6) is 5.75 Å².